The Balaban J connectivity index is 1.59. The summed E-state index contributed by atoms with van der Waals surface area (Å²) in [5.74, 6) is 0.577. The van der Waals surface area contributed by atoms with Crippen molar-refractivity contribution in [1.29, 1.82) is 0 Å². The molecule has 2 aromatic carbocycles. The Bertz CT molecular complexity index is 900. The second-order valence-corrected chi connectivity index (χ2v) is 9.58. The number of nitrogens with zero attached hydrogens (tertiary/aromatic N) is 1. The van der Waals surface area contributed by atoms with E-state index in [0.29, 0.717) is 31.0 Å². The first-order chi connectivity index (χ1) is 15.4. The van der Waals surface area contributed by atoms with Crippen LogP contribution in [0.4, 0.5) is 0 Å². The molecule has 32 heavy (non-hydrogen) atoms. The molecule has 0 heterocycles. The van der Waals surface area contributed by atoms with Crippen LogP contribution in [0.5, 0.6) is 5.75 Å². The van der Waals surface area contributed by atoms with Crippen molar-refractivity contribution in [1.82, 2.24) is 10.2 Å². The van der Waals surface area contributed by atoms with Gasteiger partial charge >= 0.3 is 0 Å². The summed E-state index contributed by atoms with van der Waals surface area (Å²) in [4.78, 5) is 27.7. The van der Waals surface area contributed by atoms with E-state index in [1.807, 2.05) is 31.2 Å². The fourth-order valence-corrected chi connectivity index (χ4v) is 4.47. The predicted octanol–water partition coefficient (Wildman–Crippen LogP) is 5.74. The summed E-state index contributed by atoms with van der Waals surface area (Å²) in [6, 6.07) is 14.7. The molecule has 1 aliphatic rings. The smallest absolute Gasteiger partial charge is 0.242 e. The van der Waals surface area contributed by atoms with Crippen LogP contribution in [0, 0.1) is 0 Å². The highest BCUT2D eigenvalue weighted by atomic mass is 79.9. The Hall–Kier alpha value is -2.05. The maximum absolute atomic E-state index is 13.1. The molecule has 1 aliphatic carbocycles. The van der Waals surface area contributed by atoms with Gasteiger partial charge in [0.2, 0.25) is 11.8 Å². The van der Waals surface area contributed by atoms with E-state index in [-0.39, 0.29) is 17.9 Å². The van der Waals surface area contributed by atoms with Crippen LogP contribution < -0.4 is 10.1 Å². The second-order valence-electron chi connectivity index (χ2n) is 8.22. The Kier molecular flexibility index (Phi) is 9.42. The predicted molar refractivity (Wildman–Crippen MR) is 131 cm³/mol. The topological polar surface area (TPSA) is 58.6 Å². The number of hydrogen-bond acceptors (Lipinski definition) is 3. The van der Waals surface area contributed by atoms with E-state index in [4.69, 9.17) is 16.3 Å². The zero-order valence-electron chi connectivity index (χ0n) is 18.4. The van der Waals surface area contributed by atoms with Gasteiger partial charge in [-0.05, 0) is 68.1 Å². The van der Waals surface area contributed by atoms with Crippen molar-refractivity contribution in [3.63, 3.8) is 0 Å². The van der Waals surface area contributed by atoms with Gasteiger partial charge in [0.15, 0.2) is 0 Å². The van der Waals surface area contributed by atoms with Gasteiger partial charge in [-0.2, -0.15) is 0 Å². The van der Waals surface area contributed by atoms with Crippen molar-refractivity contribution < 1.29 is 14.3 Å². The summed E-state index contributed by atoms with van der Waals surface area (Å²) < 4.78 is 6.65. The minimum absolute atomic E-state index is 0.0567. The average Bonchev–Trinajstić information content (AvgIpc) is 3.28. The van der Waals surface area contributed by atoms with Crippen molar-refractivity contribution in [3.05, 3.63) is 63.6 Å². The minimum atomic E-state index is -0.542. The Morgan fingerprint density at radius 3 is 2.59 bits per heavy atom. The molecule has 1 atom stereocenters. The first-order valence-electron chi connectivity index (χ1n) is 11.1. The highest BCUT2D eigenvalue weighted by Crippen LogP contribution is 2.20. The molecular formula is C25H30BrClN2O3. The van der Waals surface area contributed by atoms with E-state index in [1.54, 1.807) is 29.2 Å². The molecule has 1 fully saturated rings. The van der Waals surface area contributed by atoms with Gasteiger partial charge in [-0.25, -0.2) is 0 Å². The number of ether oxygens (including phenoxy) is 1. The van der Waals surface area contributed by atoms with Crippen molar-refractivity contribution in [3.8, 4) is 5.75 Å². The van der Waals surface area contributed by atoms with Gasteiger partial charge in [-0.1, -0.05) is 52.5 Å². The summed E-state index contributed by atoms with van der Waals surface area (Å²) in [5.41, 5.74) is 0.977. The van der Waals surface area contributed by atoms with Gasteiger partial charge < -0.3 is 15.0 Å². The molecule has 0 spiro atoms. The van der Waals surface area contributed by atoms with Crippen LogP contribution in [0.1, 0.15) is 51.0 Å². The lowest BCUT2D eigenvalue weighted by molar-refractivity contribution is -0.141. The van der Waals surface area contributed by atoms with Gasteiger partial charge in [-0.15, -0.1) is 0 Å². The maximum Gasteiger partial charge on any atom is 0.242 e. The van der Waals surface area contributed by atoms with Crippen molar-refractivity contribution >= 4 is 39.3 Å². The molecule has 1 N–H and O–H groups in total. The Morgan fingerprint density at radius 2 is 1.91 bits per heavy atom. The summed E-state index contributed by atoms with van der Waals surface area (Å²) in [6.07, 6.45) is 5.19. The maximum atomic E-state index is 13.1. The van der Waals surface area contributed by atoms with Crippen molar-refractivity contribution in [2.75, 3.05) is 6.61 Å². The largest absolute Gasteiger partial charge is 0.494 e. The van der Waals surface area contributed by atoms with E-state index in [2.05, 4.69) is 21.2 Å². The van der Waals surface area contributed by atoms with Crippen LogP contribution in [-0.4, -0.2) is 35.4 Å². The average molecular weight is 522 g/mol. The standard InChI is InChI=1S/C25H30BrClN2O3/c1-18(25(31)28-22-8-2-3-9-22)29(17-19-6-4-7-20(26)16-19)24(30)10-5-15-32-23-13-11-21(27)12-14-23/h4,6-7,11-14,16,18,22H,2-3,5,8-10,15,17H2,1H3,(H,28,31)/t18-/m0/s1. The van der Waals surface area contributed by atoms with Crippen LogP contribution in [0.2, 0.25) is 5.02 Å². The van der Waals surface area contributed by atoms with Gasteiger partial charge in [0.1, 0.15) is 11.8 Å². The molecular weight excluding hydrogens is 492 g/mol. The lowest BCUT2D eigenvalue weighted by Gasteiger charge is -2.30. The molecule has 172 valence electrons. The Labute approximate surface area is 203 Å². The molecule has 0 unspecified atom stereocenters. The van der Waals surface area contributed by atoms with Crippen molar-refractivity contribution in [2.24, 2.45) is 0 Å². The van der Waals surface area contributed by atoms with Gasteiger partial charge in [0, 0.05) is 28.5 Å². The van der Waals surface area contributed by atoms with E-state index in [0.717, 1.165) is 41.5 Å². The van der Waals surface area contributed by atoms with Gasteiger partial charge in [-0.3, -0.25) is 9.59 Å². The number of amides is 2. The second kappa shape index (κ2) is 12.3. The number of hydrogen-bond donors (Lipinski definition) is 1. The van der Waals surface area contributed by atoms with E-state index < -0.39 is 6.04 Å². The third-order valence-corrected chi connectivity index (χ3v) is 6.47. The Morgan fingerprint density at radius 1 is 1.19 bits per heavy atom. The van der Waals surface area contributed by atoms with E-state index in [1.165, 1.54) is 0 Å². The zero-order valence-corrected chi connectivity index (χ0v) is 20.7. The molecule has 0 saturated heterocycles. The van der Waals surface area contributed by atoms with Crippen LogP contribution >= 0.6 is 27.5 Å². The third kappa shape index (κ3) is 7.52. The van der Waals surface area contributed by atoms with Gasteiger partial charge in [0.05, 0.1) is 6.61 Å². The number of carbonyl (C=O) groups is 2. The summed E-state index contributed by atoms with van der Waals surface area (Å²) >= 11 is 9.38. The monoisotopic (exact) mass is 520 g/mol. The third-order valence-electron chi connectivity index (χ3n) is 5.73. The lowest BCUT2D eigenvalue weighted by atomic mass is 10.1. The van der Waals surface area contributed by atoms with Crippen LogP contribution in [-0.2, 0) is 16.1 Å². The molecule has 7 heteroatoms. The molecule has 3 rings (SSSR count). The highest BCUT2D eigenvalue weighted by molar-refractivity contribution is 9.10. The van der Waals surface area contributed by atoms with Crippen LogP contribution in [0.15, 0.2) is 53.0 Å². The van der Waals surface area contributed by atoms with E-state index in [9.17, 15) is 9.59 Å². The number of nitrogens with one attached hydrogen (secondary N) is 1. The van der Waals surface area contributed by atoms with Gasteiger partial charge in [0.25, 0.3) is 0 Å². The molecule has 0 bridgehead atoms. The molecule has 0 aromatic heterocycles. The van der Waals surface area contributed by atoms with Crippen molar-refractivity contribution in [2.45, 2.75) is 64.1 Å². The fourth-order valence-electron chi connectivity index (χ4n) is 3.89. The summed E-state index contributed by atoms with van der Waals surface area (Å²) in [7, 11) is 0. The molecule has 0 aliphatic heterocycles. The quantitative estimate of drug-likeness (QED) is 0.406. The van der Waals surface area contributed by atoms with Crippen LogP contribution in [0.3, 0.4) is 0 Å². The number of halogens is 2. The molecule has 5 nitrogen and oxygen atoms in total. The molecule has 2 aromatic rings. The summed E-state index contributed by atoms with van der Waals surface area (Å²) in [6.45, 7) is 2.61. The molecule has 2 amide bonds. The zero-order chi connectivity index (χ0) is 22.9. The van der Waals surface area contributed by atoms with Crippen LogP contribution in [0.25, 0.3) is 0 Å². The first kappa shape index (κ1) is 24.6. The van der Waals surface area contributed by atoms with E-state index >= 15 is 0 Å². The summed E-state index contributed by atoms with van der Waals surface area (Å²) in [5, 5.41) is 3.78. The normalized spacial score (nSPS) is 14.7. The molecule has 0 radical (unpaired) electrons. The first-order valence-corrected chi connectivity index (χ1v) is 12.3. The SMILES string of the molecule is C[C@@H](C(=O)NC1CCCC1)N(Cc1cccc(Br)c1)C(=O)CCCOc1ccc(Cl)cc1. The highest BCUT2D eigenvalue weighted by Gasteiger charge is 2.28. The lowest BCUT2D eigenvalue weighted by Crippen LogP contribution is -2.49. The minimum Gasteiger partial charge on any atom is -0.494 e. The number of benzene rings is 2. The fraction of sp³-hybridized carbons (Fsp3) is 0.440. The number of carbonyl (C=O) groups excluding carboxylic acids is 2. The number of rotatable bonds is 10. The molecule has 1 saturated carbocycles.